The fourth-order valence-corrected chi connectivity index (χ4v) is 2.77. The van der Waals surface area contributed by atoms with E-state index in [9.17, 15) is 8.42 Å². The zero-order chi connectivity index (χ0) is 13.4. The number of aryl methyl sites for hydroxylation is 1. The van der Waals surface area contributed by atoms with E-state index in [4.69, 9.17) is 15.4 Å². The van der Waals surface area contributed by atoms with E-state index in [0.717, 1.165) is 11.1 Å². The van der Waals surface area contributed by atoms with Crippen LogP contribution in [0.2, 0.25) is 0 Å². The number of hydrogen-bond donors (Lipinski definition) is 0. The van der Waals surface area contributed by atoms with Gasteiger partial charge < -0.3 is 4.74 Å². The van der Waals surface area contributed by atoms with Crippen molar-refractivity contribution >= 4 is 19.7 Å². The maximum atomic E-state index is 11.5. The first-order chi connectivity index (χ1) is 7.57. The Morgan fingerprint density at radius 1 is 1.24 bits per heavy atom. The second-order valence-electron chi connectivity index (χ2n) is 5.03. The molecule has 0 radical (unpaired) electrons. The number of rotatable bonds is 2. The molecule has 0 aromatic heterocycles. The average Bonchev–Trinajstić information content (AvgIpc) is 2.13. The fourth-order valence-electron chi connectivity index (χ4n) is 1.69. The van der Waals surface area contributed by atoms with Crippen LogP contribution < -0.4 is 4.74 Å². The molecular formula is C12H17ClO3S. The molecule has 0 unspecified atom stereocenters. The van der Waals surface area contributed by atoms with Crippen LogP contribution in [0.1, 0.15) is 31.9 Å². The molecule has 5 heteroatoms. The first-order valence-electron chi connectivity index (χ1n) is 5.21. The van der Waals surface area contributed by atoms with Crippen molar-refractivity contribution in [2.24, 2.45) is 0 Å². The lowest BCUT2D eigenvalue weighted by atomic mass is 9.85. The number of ether oxygens (including phenoxy) is 1. The van der Waals surface area contributed by atoms with Gasteiger partial charge in [-0.3, -0.25) is 0 Å². The molecule has 0 heterocycles. The minimum atomic E-state index is -3.80. The smallest absolute Gasteiger partial charge is 0.265 e. The molecule has 96 valence electrons. The van der Waals surface area contributed by atoms with Gasteiger partial charge in [-0.25, -0.2) is 8.42 Å². The molecule has 0 saturated carbocycles. The van der Waals surface area contributed by atoms with Gasteiger partial charge in [0.25, 0.3) is 9.05 Å². The molecule has 17 heavy (non-hydrogen) atoms. The van der Waals surface area contributed by atoms with E-state index in [1.165, 1.54) is 13.2 Å². The van der Waals surface area contributed by atoms with E-state index in [1.54, 1.807) is 0 Å². The minimum absolute atomic E-state index is 0.0339. The monoisotopic (exact) mass is 276 g/mol. The first-order valence-corrected chi connectivity index (χ1v) is 7.52. The Balaban J connectivity index is 3.70. The standard InChI is InChI=1S/C12H17ClO3S/c1-8-6-9(12(2,3)4)11(16-5)10(7-8)17(13,14)15/h6-7H,1-5H3. The van der Waals surface area contributed by atoms with Crippen molar-refractivity contribution in [1.82, 2.24) is 0 Å². The summed E-state index contributed by atoms with van der Waals surface area (Å²) >= 11 is 0. The Hall–Kier alpha value is -0.740. The van der Waals surface area contributed by atoms with E-state index < -0.39 is 9.05 Å². The molecule has 3 nitrogen and oxygen atoms in total. The van der Waals surface area contributed by atoms with Gasteiger partial charge in [-0.15, -0.1) is 0 Å². The summed E-state index contributed by atoms with van der Waals surface area (Å²) in [5, 5.41) is 0. The SMILES string of the molecule is COc1c(C(C)(C)C)cc(C)cc1S(=O)(=O)Cl. The maximum absolute atomic E-state index is 11.5. The van der Waals surface area contributed by atoms with Crippen molar-refractivity contribution in [2.75, 3.05) is 7.11 Å². The van der Waals surface area contributed by atoms with Crippen molar-refractivity contribution in [1.29, 1.82) is 0 Å². The van der Waals surface area contributed by atoms with Gasteiger partial charge in [-0.05, 0) is 24.0 Å². The van der Waals surface area contributed by atoms with Gasteiger partial charge in [0.2, 0.25) is 0 Å². The Labute approximate surface area is 107 Å². The van der Waals surface area contributed by atoms with Crippen LogP contribution >= 0.6 is 10.7 Å². The molecule has 1 aromatic carbocycles. The quantitative estimate of drug-likeness (QED) is 0.779. The Bertz CT molecular complexity index is 527. The number of methoxy groups -OCH3 is 1. The van der Waals surface area contributed by atoms with Gasteiger partial charge in [0.1, 0.15) is 10.6 Å². The van der Waals surface area contributed by atoms with Gasteiger partial charge in [0, 0.05) is 16.2 Å². The first kappa shape index (κ1) is 14.3. The summed E-state index contributed by atoms with van der Waals surface area (Å²) in [5.41, 5.74) is 1.46. The lowest BCUT2D eigenvalue weighted by molar-refractivity contribution is 0.386. The van der Waals surface area contributed by atoms with Gasteiger partial charge in [0.05, 0.1) is 7.11 Å². The molecule has 0 amide bonds. The fraction of sp³-hybridized carbons (Fsp3) is 0.500. The Morgan fingerprint density at radius 3 is 2.12 bits per heavy atom. The topological polar surface area (TPSA) is 43.4 Å². The molecule has 0 bridgehead atoms. The van der Waals surface area contributed by atoms with Crippen LogP contribution in [-0.2, 0) is 14.5 Å². The van der Waals surface area contributed by atoms with Crippen LogP contribution in [0.4, 0.5) is 0 Å². The second-order valence-corrected chi connectivity index (χ2v) is 7.57. The third-order valence-corrected chi connectivity index (χ3v) is 3.80. The lowest BCUT2D eigenvalue weighted by Gasteiger charge is -2.24. The largest absolute Gasteiger partial charge is 0.495 e. The summed E-state index contributed by atoms with van der Waals surface area (Å²) in [6.07, 6.45) is 0. The lowest BCUT2D eigenvalue weighted by Crippen LogP contribution is -2.15. The number of halogens is 1. The molecule has 0 aliphatic carbocycles. The minimum Gasteiger partial charge on any atom is -0.495 e. The summed E-state index contributed by atoms with van der Waals surface area (Å²) < 4.78 is 28.3. The third-order valence-electron chi connectivity index (χ3n) is 2.47. The van der Waals surface area contributed by atoms with Gasteiger partial charge >= 0.3 is 0 Å². The molecule has 1 rings (SSSR count). The third kappa shape index (κ3) is 3.13. The van der Waals surface area contributed by atoms with Crippen molar-refractivity contribution in [3.8, 4) is 5.75 Å². The van der Waals surface area contributed by atoms with Gasteiger partial charge in [-0.2, -0.15) is 0 Å². The van der Waals surface area contributed by atoms with Crippen molar-refractivity contribution in [2.45, 2.75) is 38.0 Å². The maximum Gasteiger partial charge on any atom is 0.265 e. The summed E-state index contributed by atoms with van der Waals surface area (Å²) in [7, 11) is 3.07. The Kier molecular flexibility index (Phi) is 3.79. The molecule has 0 aliphatic rings. The highest BCUT2D eigenvalue weighted by atomic mass is 35.7. The summed E-state index contributed by atoms with van der Waals surface area (Å²) in [6, 6.07) is 3.45. The summed E-state index contributed by atoms with van der Waals surface area (Å²) in [5.74, 6) is 0.332. The molecule has 0 saturated heterocycles. The number of benzene rings is 1. The molecule has 0 aliphatic heterocycles. The van der Waals surface area contributed by atoms with E-state index in [1.807, 2.05) is 33.8 Å². The van der Waals surface area contributed by atoms with Crippen molar-refractivity contribution in [3.05, 3.63) is 23.3 Å². The highest BCUT2D eigenvalue weighted by Crippen LogP contribution is 2.38. The van der Waals surface area contributed by atoms with Gasteiger partial charge in [-0.1, -0.05) is 26.8 Å². The highest BCUT2D eigenvalue weighted by molar-refractivity contribution is 8.13. The normalized spacial score (nSPS) is 12.6. The zero-order valence-corrected chi connectivity index (χ0v) is 12.2. The predicted molar refractivity (Wildman–Crippen MR) is 69.5 cm³/mol. The van der Waals surface area contributed by atoms with E-state index in [0.29, 0.717) is 5.75 Å². The molecule has 0 fully saturated rings. The average molecular weight is 277 g/mol. The van der Waals surface area contributed by atoms with E-state index in [2.05, 4.69) is 0 Å². The van der Waals surface area contributed by atoms with Gasteiger partial charge in [0.15, 0.2) is 0 Å². The van der Waals surface area contributed by atoms with Crippen LogP contribution in [0.15, 0.2) is 17.0 Å². The van der Waals surface area contributed by atoms with Crippen molar-refractivity contribution < 1.29 is 13.2 Å². The Morgan fingerprint density at radius 2 is 1.76 bits per heavy atom. The number of hydrogen-bond acceptors (Lipinski definition) is 3. The van der Waals surface area contributed by atoms with Crippen LogP contribution in [0, 0.1) is 6.92 Å². The summed E-state index contributed by atoms with van der Waals surface area (Å²) in [4.78, 5) is 0.0339. The molecule has 0 N–H and O–H groups in total. The van der Waals surface area contributed by atoms with Crippen molar-refractivity contribution in [3.63, 3.8) is 0 Å². The van der Waals surface area contributed by atoms with E-state index in [-0.39, 0.29) is 10.3 Å². The molecular weight excluding hydrogens is 260 g/mol. The molecule has 1 aromatic rings. The predicted octanol–water partition coefficient (Wildman–Crippen LogP) is 3.23. The van der Waals surface area contributed by atoms with Crippen LogP contribution in [-0.4, -0.2) is 15.5 Å². The van der Waals surface area contributed by atoms with Crippen LogP contribution in [0.5, 0.6) is 5.75 Å². The summed E-state index contributed by atoms with van der Waals surface area (Å²) in [6.45, 7) is 7.82. The zero-order valence-electron chi connectivity index (χ0n) is 10.7. The highest BCUT2D eigenvalue weighted by Gasteiger charge is 2.26. The van der Waals surface area contributed by atoms with Crippen LogP contribution in [0.25, 0.3) is 0 Å². The van der Waals surface area contributed by atoms with E-state index >= 15 is 0 Å². The van der Waals surface area contributed by atoms with Crippen LogP contribution in [0.3, 0.4) is 0 Å². The molecule has 0 atom stereocenters. The second kappa shape index (κ2) is 4.50. The molecule has 0 spiro atoms.